The van der Waals surface area contributed by atoms with E-state index in [0.717, 1.165) is 55.8 Å². The van der Waals surface area contributed by atoms with Crippen molar-refractivity contribution in [1.82, 2.24) is 0 Å². The predicted molar refractivity (Wildman–Crippen MR) is 142 cm³/mol. The summed E-state index contributed by atoms with van der Waals surface area (Å²) in [6.45, 7) is 1.78. The molecule has 1 saturated carbocycles. The van der Waals surface area contributed by atoms with Gasteiger partial charge < -0.3 is 19.1 Å². The van der Waals surface area contributed by atoms with E-state index in [1.165, 1.54) is 43.2 Å². The summed E-state index contributed by atoms with van der Waals surface area (Å²) in [5.74, 6) is 2.52. The zero-order chi connectivity index (χ0) is 25.1. The third kappa shape index (κ3) is 5.15. The van der Waals surface area contributed by atoms with Gasteiger partial charge in [-0.3, -0.25) is 0 Å². The zero-order valence-corrected chi connectivity index (χ0v) is 22.2. The molecule has 2 aromatic carbocycles. The van der Waals surface area contributed by atoms with Gasteiger partial charge in [-0.05, 0) is 78.5 Å². The van der Waals surface area contributed by atoms with Crippen LogP contribution in [0.25, 0.3) is 0 Å². The standard InChI is InChI=1S/C31H42FNO3/c1-34-25-11-14-27-23(19-25)9-12-26(21-7-5-4-6-8-21)30(27)28-13-10-24(20-29(28)32)33-17-15-22(16-18-33)31(35-2)36-3/h10-11,13-14,19-22,26,30-31H,4-9,12,15-18H2,1-3H3/t26-,30+/m0/s1. The third-order valence-electron chi connectivity index (χ3n) is 9.19. The minimum absolute atomic E-state index is 0.0595. The van der Waals surface area contributed by atoms with Crippen LogP contribution in [0.5, 0.6) is 5.75 Å². The van der Waals surface area contributed by atoms with Crippen molar-refractivity contribution in [3.8, 4) is 5.75 Å². The van der Waals surface area contributed by atoms with Crippen LogP contribution in [0.1, 0.15) is 74.0 Å². The van der Waals surface area contributed by atoms with E-state index in [2.05, 4.69) is 35.2 Å². The summed E-state index contributed by atoms with van der Waals surface area (Å²) in [5.41, 5.74) is 4.48. The lowest BCUT2D eigenvalue weighted by Crippen LogP contribution is -2.39. The molecule has 0 bridgehead atoms. The van der Waals surface area contributed by atoms with E-state index in [1.54, 1.807) is 27.4 Å². The molecular formula is C31H42FNO3. The summed E-state index contributed by atoms with van der Waals surface area (Å²) >= 11 is 0. The first-order chi connectivity index (χ1) is 17.6. The summed E-state index contributed by atoms with van der Waals surface area (Å²) < 4.78 is 32.5. The maximum absolute atomic E-state index is 16.0. The smallest absolute Gasteiger partial charge is 0.159 e. The Labute approximate surface area is 216 Å². The minimum Gasteiger partial charge on any atom is -0.497 e. The summed E-state index contributed by atoms with van der Waals surface area (Å²) in [6, 6.07) is 12.5. The number of nitrogens with zero attached hydrogens (tertiary/aromatic N) is 1. The van der Waals surface area contributed by atoms with Crippen LogP contribution in [-0.2, 0) is 15.9 Å². The normalized spacial score (nSPS) is 23.6. The highest BCUT2D eigenvalue weighted by Gasteiger charge is 2.38. The molecule has 2 aromatic rings. The first kappa shape index (κ1) is 25.5. The summed E-state index contributed by atoms with van der Waals surface area (Å²) in [5, 5.41) is 0. The Morgan fingerprint density at radius 2 is 1.56 bits per heavy atom. The third-order valence-corrected chi connectivity index (χ3v) is 9.19. The van der Waals surface area contributed by atoms with Crippen molar-refractivity contribution in [2.45, 2.75) is 70.0 Å². The summed E-state index contributed by atoms with van der Waals surface area (Å²) in [4.78, 5) is 2.31. The van der Waals surface area contributed by atoms with Crippen LogP contribution in [0, 0.1) is 23.6 Å². The maximum Gasteiger partial charge on any atom is 0.159 e. The number of halogens is 1. The van der Waals surface area contributed by atoms with Crippen molar-refractivity contribution >= 4 is 5.69 Å². The molecule has 2 aliphatic carbocycles. The Morgan fingerprint density at radius 1 is 0.833 bits per heavy atom. The molecule has 4 nitrogen and oxygen atoms in total. The molecule has 2 fully saturated rings. The molecule has 0 aromatic heterocycles. The molecule has 0 unspecified atom stereocenters. The van der Waals surface area contributed by atoms with Crippen molar-refractivity contribution in [3.05, 3.63) is 58.9 Å². The minimum atomic E-state index is -0.159. The Morgan fingerprint density at radius 3 is 2.22 bits per heavy atom. The topological polar surface area (TPSA) is 30.9 Å². The van der Waals surface area contributed by atoms with E-state index in [0.29, 0.717) is 17.8 Å². The molecule has 3 aliphatic rings. The number of hydrogen-bond acceptors (Lipinski definition) is 4. The first-order valence-electron chi connectivity index (χ1n) is 13.9. The summed E-state index contributed by atoms with van der Waals surface area (Å²) in [7, 11) is 5.13. The van der Waals surface area contributed by atoms with Gasteiger partial charge >= 0.3 is 0 Å². The zero-order valence-electron chi connectivity index (χ0n) is 22.2. The molecule has 0 spiro atoms. The van der Waals surface area contributed by atoms with Gasteiger partial charge in [0.05, 0.1) is 7.11 Å². The van der Waals surface area contributed by atoms with Gasteiger partial charge in [0, 0.05) is 44.8 Å². The lowest BCUT2D eigenvalue weighted by atomic mass is 9.64. The van der Waals surface area contributed by atoms with E-state index < -0.39 is 0 Å². The van der Waals surface area contributed by atoms with Crippen molar-refractivity contribution < 1.29 is 18.6 Å². The van der Waals surface area contributed by atoms with Crippen LogP contribution in [0.3, 0.4) is 0 Å². The van der Waals surface area contributed by atoms with Crippen LogP contribution in [-0.4, -0.2) is 40.7 Å². The molecule has 5 heteroatoms. The number of anilines is 1. The molecule has 0 radical (unpaired) electrons. The number of rotatable bonds is 7. The number of fused-ring (bicyclic) bond motifs is 1. The van der Waals surface area contributed by atoms with Gasteiger partial charge in [0.15, 0.2) is 6.29 Å². The predicted octanol–water partition coefficient (Wildman–Crippen LogP) is 6.94. The monoisotopic (exact) mass is 495 g/mol. The lowest BCUT2D eigenvalue weighted by Gasteiger charge is -2.41. The fourth-order valence-corrected chi connectivity index (χ4v) is 7.29. The van der Waals surface area contributed by atoms with Crippen LogP contribution >= 0.6 is 0 Å². The van der Waals surface area contributed by atoms with E-state index in [9.17, 15) is 0 Å². The highest BCUT2D eigenvalue weighted by molar-refractivity contribution is 5.52. The van der Waals surface area contributed by atoms with Gasteiger partial charge in [-0.25, -0.2) is 4.39 Å². The molecular weight excluding hydrogens is 453 g/mol. The van der Waals surface area contributed by atoms with Gasteiger partial charge in [-0.1, -0.05) is 44.2 Å². The average Bonchev–Trinajstić information content (AvgIpc) is 2.93. The molecule has 1 saturated heterocycles. The first-order valence-corrected chi connectivity index (χ1v) is 13.9. The number of piperidine rings is 1. The molecule has 196 valence electrons. The van der Waals surface area contributed by atoms with E-state index in [4.69, 9.17) is 14.2 Å². The van der Waals surface area contributed by atoms with Crippen molar-refractivity contribution in [2.75, 3.05) is 39.3 Å². The lowest BCUT2D eigenvalue weighted by molar-refractivity contribution is -0.141. The van der Waals surface area contributed by atoms with Crippen LogP contribution in [0.4, 0.5) is 10.1 Å². The second-order valence-electron chi connectivity index (χ2n) is 11.0. The number of ether oxygens (including phenoxy) is 3. The van der Waals surface area contributed by atoms with E-state index in [1.807, 2.05) is 0 Å². The Balaban J connectivity index is 1.41. The van der Waals surface area contributed by atoms with Gasteiger partial charge in [-0.2, -0.15) is 0 Å². The van der Waals surface area contributed by atoms with Crippen molar-refractivity contribution in [3.63, 3.8) is 0 Å². The SMILES string of the molecule is COc1ccc2c(c1)CC[C@@H](C1CCCCC1)[C@H]2c1ccc(N2CCC(C(OC)OC)CC2)cc1F. The molecule has 1 aliphatic heterocycles. The van der Waals surface area contributed by atoms with E-state index in [-0.39, 0.29) is 18.0 Å². The molecule has 0 amide bonds. The Bertz CT molecular complexity index is 1010. The molecule has 5 rings (SSSR count). The maximum atomic E-state index is 16.0. The number of benzene rings is 2. The molecule has 36 heavy (non-hydrogen) atoms. The molecule has 1 heterocycles. The number of aryl methyl sites for hydroxylation is 1. The quantitative estimate of drug-likeness (QED) is 0.389. The van der Waals surface area contributed by atoms with Gasteiger partial charge in [0.2, 0.25) is 0 Å². The number of hydrogen-bond donors (Lipinski definition) is 0. The second kappa shape index (κ2) is 11.5. The Hall–Kier alpha value is -2.11. The van der Waals surface area contributed by atoms with Crippen molar-refractivity contribution in [1.29, 1.82) is 0 Å². The van der Waals surface area contributed by atoms with Gasteiger partial charge in [-0.15, -0.1) is 0 Å². The highest BCUT2D eigenvalue weighted by Crippen LogP contribution is 2.49. The Kier molecular flexibility index (Phi) is 8.17. The largest absolute Gasteiger partial charge is 0.497 e. The fraction of sp³-hybridized carbons (Fsp3) is 0.613. The second-order valence-corrected chi connectivity index (χ2v) is 11.0. The highest BCUT2D eigenvalue weighted by atomic mass is 19.1. The number of methoxy groups -OCH3 is 3. The van der Waals surface area contributed by atoms with Gasteiger partial charge in [0.25, 0.3) is 0 Å². The van der Waals surface area contributed by atoms with E-state index >= 15 is 4.39 Å². The molecule has 0 N–H and O–H groups in total. The average molecular weight is 496 g/mol. The van der Waals surface area contributed by atoms with Gasteiger partial charge in [0.1, 0.15) is 11.6 Å². The van der Waals surface area contributed by atoms with Crippen LogP contribution in [0.15, 0.2) is 36.4 Å². The van der Waals surface area contributed by atoms with Crippen LogP contribution < -0.4 is 9.64 Å². The summed E-state index contributed by atoms with van der Waals surface area (Å²) in [6.07, 6.45) is 10.5. The fourth-order valence-electron chi connectivity index (χ4n) is 7.29. The molecule has 2 atom stereocenters. The van der Waals surface area contributed by atoms with Crippen LogP contribution in [0.2, 0.25) is 0 Å². The van der Waals surface area contributed by atoms with Crippen molar-refractivity contribution in [2.24, 2.45) is 17.8 Å².